The van der Waals surface area contributed by atoms with E-state index in [0.29, 0.717) is 5.92 Å². The maximum absolute atomic E-state index is 4.44. The van der Waals surface area contributed by atoms with Crippen molar-refractivity contribution in [2.24, 2.45) is 5.92 Å². The zero-order valence-electron chi connectivity index (χ0n) is 11.4. The van der Waals surface area contributed by atoms with Crippen LogP contribution in [0.1, 0.15) is 62.6 Å². The van der Waals surface area contributed by atoms with Crippen LogP contribution in [0.3, 0.4) is 0 Å². The summed E-state index contributed by atoms with van der Waals surface area (Å²) in [6, 6.07) is 0. The molecule has 1 atom stereocenters. The van der Waals surface area contributed by atoms with Crippen molar-refractivity contribution in [2.45, 2.75) is 51.7 Å². The number of fused-ring (bicyclic) bond motifs is 1. The first-order valence-electron chi connectivity index (χ1n) is 6.65. The van der Waals surface area contributed by atoms with E-state index in [1.165, 1.54) is 23.3 Å². The van der Waals surface area contributed by atoms with Crippen LogP contribution in [-0.4, -0.2) is 10.7 Å². The monoisotopic (exact) mass is 249 g/mol. The Morgan fingerprint density at radius 1 is 1.24 bits per heavy atom. The minimum Gasteiger partial charge on any atom is -0.264 e. The van der Waals surface area contributed by atoms with E-state index < -0.39 is 0 Å². The van der Waals surface area contributed by atoms with Gasteiger partial charge in [-0.05, 0) is 46.6 Å². The Hall–Kier alpha value is -0.500. The molecule has 0 amide bonds. The van der Waals surface area contributed by atoms with E-state index in [4.69, 9.17) is 0 Å². The van der Waals surface area contributed by atoms with Gasteiger partial charge >= 0.3 is 0 Å². The summed E-state index contributed by atoms with van der Waals surface area (Å²) in [5, 5.41) is 0. The molecule has 1 nitrogen and oxygen atoms in total. The Morgan fingerprint density at radius 2 is 2.00 bits per heavy atom. The van der Waals surface area contributed by atoms with Crippen molar-refractivity contribution in [3.63, 3.8) is 0 Å². The third-order valence-corrected chi connectivity index (χ3v) is 4.77. The Bertz CT molecular complexity index is 385. The zero-order valence-corrected chi connectivity index (χ0v) is 12.2. The summed E-state index contributed by atoms with van der Waals surface area (Å²) in [5.41, 5.74) is 4.58. The zero-order chi connectivity index (χ0) is 12.4. The molecule has 17 heavy (non-hydrogen) atoms. The van der Waals surface area contributed by atoms with Crippen molar-refractivity contribution in [1.82, 2.24) is 4.98 Å². The Balaban J connectivity index is 2.52. The maximum atomic E-state index is 4.44. The molecule has 2 heteroatoms. The molecular formula is C15H23NS. The van der Waals surface area contributed by atoms with Gasteiger partial charge in [0.05, 0.1) is 0 Å². The van der Waals surface area contributed by atoms with Crippen molar-refractivity contribution in [1.29, 1.82) is 0 Å². The van der Waals surface area contributed by atoms with E-state index in [1.54, 1.807) is 5.56 Å². The van der Waals surface area contributed by atoms with E-state index in [9.17, 15) is 0 Å². The smallest absolute Gasteiger partial charge is 0.0311 e. The van der Waals surface area contributed by atoms with E-state index in [1.807, 2.05) is 0 Å². The van der Waals surface area contributed by atoms with Gasteiger partial charge < -0.3 is 0 Å². The fourth-order valence-corrected chi connectivity index (χ4v) is 3.78. The fraction of sp³-hybridized carbons (Fsp3) is 0.667. The third kappa shape index (κ3) is 2.67. The molecule has 1 aliphatic rings. The predicted octanol–water partition coefficient (Wildman–Crippen LogP) is 4.58. The van der Waals surface area contributed by atoms with Crippen LogP contribution >= 0.6 is 11.8 Å². The number of hydrogen-bond donors (Lipinski definition) is 0. The molecule has 0 N–H and O–H groups in total. The molecule has 94 valence electrons. The summed E-state index contributed by atoms with van der Waals surface area (Å²) in [6.45, 7) is 9.28. The second kappa shape index (κ2) is 5.43. The lowest BCUT2D eigenvalue weighted by Crippen LogP contribution is -2.12. The minimum absolute atomic E-state index is 0.585. The van der Waals surface area contributed by atoms with Crippen LogP contribution in [0.15, 0.2) is 12.4 Å². The molecule has 1 aromatic heterocycles. The third-order valence-electron chi connectivity index (χ3n) is 3.73. The molecule has 2 heterocycles. The summed E-state index contributed by atoms with van der Waals surface area (Å²) in [5.74, 6) is 4.47. The van der Waals surface area contributed by atoms with Crippen molar-refractivity contribution >= 4 is 11.8 Å². The molecule has 0 saturated heterocycles. The molecule has 1 aromatic rings. The first kappa shape index (κ1) is 12.9. The highest BCUT2D eigenvalue weighted by Gasteiger charge is 2.25. The minimum atomic E-state index is 0.585. The molecule has 0 radical (unpaired) electrons. The van der Waals surface area contributed by atoms with E-state index in [0.717, 1.165) is 17.6 Å². The molecule has 0 bridgehead atoms. The lowest BCUT2D eigenvalue weighted by molar-refractivity contribution is 0.482. The predicted molar refractivity (Wildman–Crippen MR) is 76.7 cm³/mol. The van der Waals surface area contributed by atoms with Gasteiger partial charge in [0.2, 0.25) is 0 Å². The van der Waals surface area contributed by atoms with Gasteiger partial charge in [-0.25, -0.2) is 0 Å². The summed E-state index contributed by atoms with van der Waals surface area (Å²) >= 11 is 2.06. The molecule has 0 saturated carbocycles. The lowest BCUT2D eigenvalue weighted by atomic mass is 9.80. The standard InChI is InChI=1S/C15H23NS/c1-10(2)13-5-6-17-9-12-7-16-8-14(11(3)4)15(12)13/h7-8,10-11,13H,5-6,9H2,1-4H3. The van der Waals surface area contributed by atoms with Crippen LogP contribution in [0.25, 0.3) is 0 Å². The molecule has 0 aliphatic carbocycles. The highest BCUT2D eigenvalue weighted by Crippen LogP contribution is 2.40. The summed E-state index contributed by atoms with van der Waals surface area (Å²) in [6.07, 6.45) is 5.50. The summed E-state index contributed by atoms with van der Waals surface area (Å²) < 4.78 is 0. The number of hydrogen-bond acceptors (Lipinski definition) is 2. The van der Waals surface area contributed by atoms with Gasteiger partial charge in [-0.15, -0.1) is 0 Å². The van der Waals surface area contributed by atoms with Gasteiger partial charge in [-0.1, -0.05) is 27.7 Å². The van der Waals surface area contributed by atoms with Crippen LogP contribution < -0.4 is 0 Å². The highest BCUT2D eigenvalue weighted by molar-refractivity contribution is 7.98. The fourth-order valence-electron chi connectivity index (χ4n) is 2.76. The number of rotatable bonds is 2. The summed E-state index contributed by atoms with van der Waals surface area (Å²) in [7, 11) is 0. The largest absolute Gasteiger partial charge is 0.264 e. The van der Waals surface area contributed by atoms with E-state index >= 15 is 0 Å². The normalized spacial score (nSPS) is 20.5. The van der Waals surface area contributed by atoms with Crippen LogP contribution in [0.5, 0.6) is 0 Å². The maximum Gasteiger partial charge on any atom is 0.0311 e. The SMILES string of the molecule is CC(C)c1cncc2c1C(C(C)C)CCSC2. The first-order valence-corrected chi connectivity index (χ1v) is 7.81. The van der Waals surface area contributed by atoms with Gasteiger partial charge in [0.1, 0.15) is 0 Å². The molecule has 1 aliphatic heterocycles. The average Bonchev–Trinajstić information content (AvgIpc) is 2.50. The molecule has 0 fully saturated rings. The van der Waals surface area contributed by atoms with Crippen molar-refractivity contribution < 1.29 is 0 Å². The molecule has 1 unspecified atom stereocenters. The quantitative estimate of drug-likeness (QED) is 0.761. The second-order valence-electron chi connectivity index (χ2n) is 5.65. The van der Waals surface area contributed by atoms with Crippen LogP contribution in [0, 0.1) is 5.92 Å². The van der Waals surface area contributed by atoms with E-state index in [-0.39, 0.29) is 0 Å². The van der Waals surface area contributed by atoms with Crippen LogP contribution in [0.2, 0.25) is 0 Å². The number of thioether (sulfide) groups is 1. The van der Waals surface area contributed by atoms with Gasteiger partial charge in [-0.3, -0.25) is 4.98 Å². The van der Waals surface area contributed by atoms with Crippen LogP contribution in [-0.2, 0) is 5.75 Å². The highest BCUT2D eigenvalue weighted by atomic mass is 32.2. The Morgan fingerprint density at radius 3 is 2.65 bits per heavy atom. The summed E-state index contributed by atoms with van der Waals surface area (Å²) in [4.78, 5) is 4.44. The Kier molecular flexibility index (Phi) is 4.13. The topological polar surface area (TPSA) is 12.9 Å². The molecule has 2 rings (SSSR count). The van der Waals surface area contributed by atoms with E-state index in [2.05, 4.69) is 56.8 Å². The second-order valence-corrected chi connectivity index (χ2v) is 6.75. The van der Waals surface area contributed by atoms with Gasteiger partial charge in [0.25, 0.3) is 0 Å². The lowest BCUT2D eigenvalue weighted by Gasteiger charge is -2.25. The Labute approximate surface area is 109 Å². The van der Waals surface area contributed by atoms with Crippen molar-refractivity contribution in [3.05, 3.63) is 29.1 Å². The van der Waals surface area contributed by atoms with Gasteiger partial charge in [0.15, 0.2) is 0 Å². The molecule has 0 spiro atoms. The van der Waals surface area contributed by atoms with Gasteiger partial charge in [-0.2, -0.15) is 11.8 Å². The van der Waals surface area contributed by atoms with Crippen molar-refractivity contribution in [2.75, 3.05) is 5.75 Å². The van der Waals surface area contributed by atoms with Crippen LogP contribution in [0.4, 0.5) is 0 Å². The first-order chi connectivity index (χ1) is 8.11. The average molecular weight is 249 g/mol. The molecule has 0 aromatic carbocycles. The number of aromatic nitrogens is 1. The number of nitrogens with zero attached hydrogens (tertiary/aromatic N) is 1. The molecular weight excluding hydrogens is 226 g/mol. The number of pyridine rings is 1. The van der Waals surface area contributed by atoms with Gasteiger partial charge in [0, 0.05) is 18.1 Å². The van der Waals surface area contributed by atoms with Crippen molar-refractivity contribution in [3.8, 4) is 0 Å².